The van der Waals surface area contributed by atoms with Crippen LogP contribution in [0.1, 0.15) is 19.0 Å². The van der Waals surface area contributed by atoms with Gasteiger partial charge < -0.3 is 15.5 Å². The number of nitrogens with two attached hydrogens (primary N) is 1. The van der Waals surface area contributed by atoms with Crippen LogP contribution in [0.25, 0.3) is 10.9 Å². The topological polar surface area (TPSA) is 80.3 Å². The van der Waals surface area contributed by atoms with E-state index in [4.69, 9.17) is 9.89 Å². The summed E-state index contributed by atoms with van der Waals surface area (Å²) in [5.41, 5.74) is 6.63. The summed E-state index contributed by atoms with van der Waals surface area (Å²) in [6, 6.07) is 2.14. The van der Waals surface area contributed by atoms with E-state index in [1.807, 2.05) is 13.1 Å². The van der Waals surface area contributed by atoms with E-state index in [-0.39, 0.29) is 11.9 Å². The van der Waals surface area contributed by atoms with Crippen molar-refractivity contribution in [3.63, 3.8) is 0 Å². The first-order valence-electron chi connectivity index (χ1n) is 7.66. The Morgan fingerprint density at radius 3 is 2.71 bits per heavy atom. The molecule has 1 amide bonds. The van der Waals surface area contributed by atoms with Crippen LogP contribution in [0.3, 0.4) is 0 Å². The summed E-state index contributed by atoms with van der Waals surface area (Å²) >= 11 is 2.39. The van der Waals surface area contributed by atoms with Gasteiger partial charge in [0.25, 0.3) is 0 Å². The molecule has 0 aromatic carbocycles. The molecule has 24 heavy (non-hydrogen) atoms. The van der Waals surface area contributed by atoms with Crippen molar-refractivity contribution >= 4 is 51.5 Å². The van der Waals surface area contributed by atoms with E-state index in [9.17, 15) is 0 Å². The molecule has 0 spiro atoms. The number of hydrogen-bond acceptors (Lipinski definition) is 5. The number of carbonyl (C=O) groups excluding carboxylic acids is 1. The lowest BCUT2D eigenvalue weighted by Crippen LogP contribution is -2.43. The largest absolute Gasteiger partial charge is 0.372 e. The van der Waals surface area contributed by atoms with Gasteiger partial charge in [-0.2, -0.15) is 0 Å². The average molecular weight is 462 g/mol. The summed E-state index contributed by atoms with van der Waals surface area (Å²) in [4.78, 5) is 17.8. The van der Waals surface area contributed by atoms with Crippen LogP contribution in [0.4, 0.5) is 5.82 Å². The molecule has 0 saturated carbocycles. The van der Waals surface area contributed by atoms with Crippen molar-refractivity contribution in [2.45, 2.75) is 25.8 Å². The normalized spacial score (nSPS) is 20.8. The minimum atomic E-state index is 0.223. The maximum atomic E-state index is 8.58. The molecule has 2 aromatic heterocycles. The third-order valence-electron chi connectivity index (χ3n) is 4.59. The van der Waals surface area contributed by atoms with E-state index in [0.29, 0.717) is 6.37 Å². The molecule has 9 heteroatoms. The molecule has 2 unspecified atom stereocenters. The van der Waals surface area contributed by atoms with Gasteiger partial charge in [0.2, 0.25) is 6.41 Å². The van der Waals surface area contributed by atoms with Gasteiger partial charge >= 0.3 is 0 Å². The van der Waals surface area contributed by atoms with Crippen molar-refractivity contribution in [1.82, 2.24) is 19.4 Å². The number of nitrogens with zero attached hydrogens (tertiary/aromatic N) is 5. The molecule has 2 atom stereocenters. The number of halogens is 1. The molecule has 1 fully saturated rings. The number of aromatic nitrogens is 3. The number of pyridine rings is 1. The van der Waals surface area contributed by atoms with Gasteiger partial charge in [-0.05, 0) is 62.5 Å². The summed E-state index contributed by atoms with van der Waals surface area (Å²) < 4.78 is 2.10. The number of fused-ring (bicyclic) bond motifs is 1. The van der Waals surface area contributed by atoms with Gasteiger partial charge in [-0.3, -0.25) is 9.78 Å². The predicted molar refractivity (Wildman–Crippen MR) is 109 cm³/mol. The van der Waals surface area contributed by atoms with Crippen LogP contribution in [-0.2, 0) is 4.79 Å². The molecular weight excluding hydrogens is 438 g/mol. The van der Waals surface area contributed by atoms with Crippen LogP contribution in [-0.4, -0.2) is 58.6 Å². The lowest BCUT2D eigenvalue weighted by molar-refractivity contribution is -0.106. The second-order valence-corrected chi connectivity index (χ2v) is 8.40. The molecule has 1 aliphatic rings. The minimum Gasteiger partial charge on any atom is -0.372 e. The Balaban J connectivity index is 0.000000647. The summed E-state index contributed by atoms with van der Waals surface area (Å²) in [5.74, 6) is 1.09. The van der Waals surface area contributed by atoms with E-state index in [1.165, 1.54) is 17.3 Å². The molecule has 1 aliphatic heterocycles. The summed E-state index contributed by atoms with van der Waals surface area (Å²) in [6.07, 6.45) is 4.00. The van der Waals surface area contributed by atoms with Gasteiger partial charge in [-0.25, -0.2) is 4.45 Å². The molecule has 2 N–H and O–H groups in total. The Morgan fingerprint density at radius 2 is 2.17 bits per heavy atom. The molecule has 3 heterocycles. The number of hydrogen-bond donors (Lipinski definition) is 1. The van der Waals surface area contributed by atoms with Crippen LogP contribution in [0.2, 0.25) is 0 Å². The minimum absolute atomic E-state index is 0.223. The molecule has 0 aliphatic carbocycles. The molecule has 132 valence electrons. The Kier molecular flexibility index (Phi) is 6.39. The first-order chi connectivity index (χ1) is 11.4. The second kappa shape index (κ2) is 7.93. The number of primary amides is 1. The van der Waals surface area contributed by atoms with Gasteiger partial charge in [0, 0.05) is 30.5 Å². The highest BCUT2D eigenvalue weighted by atomic mass is 127. The van der Waals surface area contributed by atoms with Crippen LogP contribution in [0, 0.1) is 6.92 Å². The fourth-order valence-electron chi connectivity index (χ4n) is 2.88. The molecule has 7 nitrogen and oxygen atoms in total. The first kappa shape index (κ1) is 19.3. The number of rotatable bonds is 3. The van der Waals surface area contributed by atoms with E-state index < -0.39 is 0 Å². The smallest absolute Gasteiger partial charge is 0.204 e. The van der Waals surface area contributed by atoms with Crippen LogP contribution in [0.5, 0.6) is 0 Å². The van der Waals surface area contributed by atoms with E-state index in [2.05, 4.69) is 74.1 Å². The van der Waals surface area contributed by atoms with E-state index >= 15 is 0 Å². The Morgan fingerprint density at radius 1 is 1.50 bits per heavy atom. The van der Waals surface area contributed by atoms with Crippen molar-refractivity contribution in [3.05, 3.63) is 18.0 Å². The molecule has 2 aromatic rings. The molecule has 1 saturated heterocycles. The summed E-state index contributed by atoms with van der Waals surface area (Å²) in [5, 5.41) is 6.02. The lowest BCUT2D eigenvalue weighted by Gasteiger charge is -2.32. The van der Waals surface area contributed by atoms with Gasteiger partial charge in [-0.1, -0.05) is 0 Å². The number of likely N-dealkylation sites (N-methyl/N-ethyl adjacent to an activating group) is 1. The van der Waals surface area contributed by atoms with E-state index in [0.717, 1.165) is 24.6 Å². The third-order valence-corrected chi connectivity index (χ3v) is 6.47. The number of anilines is 1. The Hall–Kier alpha value is -0.990. The SMILES string of the molecule is Cc1cc2c(cn1)c(N1CCC(C)(N(C)C)C1)nn2PI.NC=O. The summed E-state index contributed by atoms with van der Waals surface area (Å²) in [7, 11) is 4.33. The zero-order valence-corrected chi connectivity index (χ0v) is 17.6. The maximum Gasteiger partial charge on any atom is 0.204 e. The Bertz CT molecular complexity index is 721. The maximum absolute atomic E-state index is 8.58. The number of amides is 1. The highest BCUT2D eigenvalue weighted by Gasteiger charge is 2.37. The first-order valence-corrected chi connectivity index (χ1v) is 11.7. The Labute approximate surface area is 157 Å². The highest BCUT2D eigenvalue weighted by Crippen LogP contribution is 2.37. The van der Waals surface area contributed by atoms with Gasteiger partial charge in [0.15, 0.2) is 5.82 Å². The third kappa shape index (κ3) is 3.81. The quantitative estimate of drug-likeness (QED) is 0.430. The standard InChI is InChI=1S/C14H21IN5P.CH3NO/c1-10-7-12-11(8-16-10)13(17-20(12)21-15)19-6-5-14(2,9-19)18(3)4;2-1-3/h7-8,21H,5-6,9H2,1-4H3;1H,(H2,2,3). The second-order valence-electron chi connectivity index (χ2n) is 6.36. The molecule has 3 rings (SSSR count). The van der Waals surface area contributed by atoms with Gasteiger partial charge in [-0.15, -0.1) is 5.10 Å². The highest BCUT2D eigenvalue weighted by molar-refractivity contribution is 14.2. The van der Waals surface area contributed by atoms with Crippen molar-refractivity contribution in [1.29, 1.82) is 0 Å². The van der Waals surface area contributed by atoms with E-state index in [1.54, 1.807) is 0 Å². The predicted octanol–water partition coefficient (Wildman–Crippen LogP) is 2.16. The average Bonchev–Trinajstić information content (AvgIpc) is 3.09. The fraction of sp³-hybridized carbons (Fsp3) is 0.533. The van der Waals surface area contributed by atoms with Crippen LogP contribution >= 0.6 is 28.4 Å². The van der Waals surface area contributed by atoms with Crippen molar-refractivity contribution in [2.75, 3.05) is 32.1 Å². The monoisotopic (exact) mass is 462 g/mol. The number of aryl methyl sites for hydroxylation is 1. The number of carbonyl (C=O) groups is 1. The fourth-order valence-corrected chi connectivity index (χ4v) is 4.40. The molecular formula is C15H24IN6OP. The van der Waals surface area contributed by atoms with Gasteiger partial charge in [0.05, 0.1) is 17.3 Å². The van der Waals surface area contributed by atoms with Gasteiger partial charge in [0.1, 0.15) is 0 Å². The lowest BCUT2D eigenvalue weighted by atomic mass is 10.0. The van der Waals surface area contributed by atoms with Crippen LogP contribution in [0.15, 0.2) is 12.3 Å². The summed E-state index contributed by atoms with van der Waals surface area (Å²) in [6.45, 7) is 6.43. The van der Waals surface area contributed by atoms with Crippen molar-refractivity contribution in [3.8, 4) is 0 Å². The zero-order chi connectivity index (χ0) is 17.9. The van der Waals surface area contributed by atoms with Crippen LogP contribution < -0.4 is 10.6 Å². The van der Waals surface area contributed by atoms with Crippen molar-refractivity contribution in [2.24, 2.45) is 5.73 Å². The molecule has 0 radical (unpaired) electrons. The zero-order valence-electron chi connectivity index (χ0n) is 14.5. The van der Waals surface area contributed by atoms with Crippen molar-refractivity contribution < 1.29 is 4.79 Å². The molecule has 0 bridgehead atoms.